The number of hydrogen-bond acceptors (Lipinski definition) is 4. The van der Waals surface area contributed by atoms with Crippen LogP contribution in [0.15, 0.2) is 43.0 Å². The highest BCUT2D eigenvalue weighted by atomic mass is 15.4. The lowest BCUT2D eigenvalue weighted by Gasteiger charge is -2.24. The van der Waals surface area contributed by atoms with E-state index in [1.165, 1.54) is 5.56 Å². The average molecular weight is 280 g/mol. The molecule has 3 aromatic heterocycles. The Morgan fingerprint density at radius 1 is 1.33 bits per heavy atom. The Hall–Kier alpha value is -2.63. The van der Waals surface area contributed by atoms with Crippen molar-refractivity contribution in [3.05, 3.63) is 48.5 Å². The zero-order chi connectivity index (χ0) is 14.2. The first-order valence-corrected chi connectivity index (χ1v) is 7.03. The smallest absolute Gasteiger partial charge is 0.125 e. The molecular formula is C15H16N6. The van der Waals surface area contributed by atoms with Gasteiger partial charge in [-0.3, -0.25) is 9.67 Å². The van der Waals surface area contributed by atoms with Crippen molar-refractivity contribution in [2.75, 3.05) is 11.9 Å². The van der Waals surface area contributed by atoms with Gasteiger partial charge in [0.25, 0.3) is 0 Å². The molecule has 21 heavy (non-hydrogen) atoms. The molecule has 0 amide bonds. The number of aryl methyl sites for hydroxylation is 1. The Balaban J connectivity index is 1.76. The van der Waals surface area contributed by atoms with Gasteiger partial charge in [0.2, 0.25) is 0 Å². The molecule has 1 atom stereocenters. The highest BCUT2D eigenvalue weighted by Crippen LogP contribution is 2.32. The maximum Gasteiger partial charge on any atom is 0.125 e. The molecule has 0 aromatic carbocycles. The van der Waals surface area contributed by atoms with Gasteiger partial charge in [0.15, 0.2) is 0 Å². The van der Waals surface area contributed by atoms with E-state index in [1.54, 1.807) is 6.20 Å². The van der Waals surface area contributed by atoms with Crippen LogP contribution in [0.2, 0.25) is 0 Å². The van der Waals surface area contributed by atoms with E-state index in [0.29, 0.717) is 0 Å². The van der Waals surface area contributed by atoms with Crippen molar-refractivity contribution in [1.82, 2.24) is 24.5 Å². The molecule has 1 unspecified atom stereocenters. The summed E-state index contributed by atoms with van der Waals surface area (Å²) < 4.78 is 3.89. The van der Waals surface area contributed by atoms with Gasteiger partial charge in [0, 0.05) is 49.4 Å². The summed E-state index contributed by atoms with van der Waals surface area (Å²) in [6, 6.07) is 6.28. The minimum atomic E-state index is 0.236. The van der Waals surface area contributed by atoms with Crippen molar-refractivity contribution in [2.45, 2.75) is 12.5 Å². The Kier molecular flexibility index (Phi) is 2.73. The van der Waals surface area contributed by atoms with E-state index in [-0.39, 0.29) is 6.04 Å². The fourth-order valence-corrected chi connectivity index (χ4v) is 2.80. The molecule has 4 heterocycles. The van der Waals surface area contributed by atoms with Gasteiger partial charge in [-0.15, -0.1) is 0 Å². The molecular weight excluding hydrogens is 264 g/mol. The largest absolute Gasteiger partial charge is 0.370 e. The van der Waals surface area contributed by atoms with Gasteiger partial charge in [0.05, 0.1) is 17.9 Å². The standard InChI is InChI=1S/C15H16N6/c1-20-10-12(9-18-20)14-4-6-17-15-7-13(19-21(14)15)11-3-2-5-16-8-11/h2-3,5,7-10,14,17H,4,6H2,1H3. The molecule has 0 bridgehead atoms. The Morgan fingerprint density at radius 3 is 3.05 bits per heavy atom. The van der Waals surface area contributed by atoms with Gasteiger partial charge < -0.3 is 5.32 Å². The second-order valence-electron chi connectivity index (χ2n) is 5.28. The van der Waals surface area contributed by atoms with Crippen molar-refractivity contribution >= 4 is 5.82 Å². The molecule has 0 saturated heterocycles. The van der Waals surface area contributed by atoms with E-state index in [1.807, 2.05) is 36.3 Å². The number of fused-ring (bicyclic) bond motifs is 1. The fourth-order valence-electron chi connectivity index (χ4n) is 2.80. The van der Waals surface area contributed by atoms with Gasteiger partial charge in [-0.25, -0.2) is 4.68 Å². The first-order chi connectivity index (χ1) is 10.3. The molecule has 6 heteroatoms. The summed E-state index contributed by atoms with van der Waals surface area (Å²) in [7, 11) is 1.94. The second kappa shape index (κ2) is 4.73. The van der Waals surface area contributed by atoms with Crippen LogP contribution < -0.4 is 5.32 Å². The Labute approximate surface area is 122 Å². The lowest BCUT2D eigenvalue weighted by atomic mass is 10.1. The highest BCUT2D eigenvalue weighted by Gasteiger charge is 2.24. The molecule has 0 fully saturated rings. The van der Waals surface area contributed by atoms with Crippen LogP contribution >= 0.6 is 0 Å². The monoisotopic (exact) mass is 280 g/mol. The highest BCUT2D eigenvalue weighted by molar-refractivity contribution is 5.62. The lowest BCUT2D eigenvalue weighted by Crippen LogP contribution is -2.24. The SMILES string of the molecule is Cn1cc(C2CCNc3cc(-c4cccnc4)nn32)cn1. The molecule has 0 aliphatic carbocycles. The summed E-state index contributed by atoms with van der Waals surface area (Å²) in [5.41, 5.74) is 3.17. The normalized spacial score (nSPS) is 17.3. The van der Waals surface area contributed by atoms with Crippen LogP contribution in [0.25, 0.3) is 11.3 Å². The number of rotatable bonds is 2. The first-order valence-electron chi connectivity index (χ1n) is 7.03. The van der Waals surface area contributed by atoms with Gasteiger partial charge in [0.1, 0.15) is 5.82 Å². The summed E-state index contributed by atoms with van der Waals surface area (Å²) in [5.74, 6) is 1.05. The van der Waals surface area contributed by atoms with E-state index >= 15 is 0 Å². The minimum Gasteiger partial charge on any atom is -0.370 e. The van der Waals surface area contributed by atoms with Crippen LogP contribution in [-0.4, -0.2) is 31.1 Å². The molecule has 0 radical (unpaired) electrons. The van der Waals surface area contributed by atoms with Crippen molar-refractivity contribution < 1.29 is 0 Å². The summed E-state index contributed by atoms with van der Waals surface area (Å²) in [6.45, 7) is 0.942. The van der Waals surface area contributed by atoms with E-state index in [4.69, 9.17) is 5.10 Å². The number of nitrogens with zero attached hydrogens (tertiary/aromatic N) is 5. The predicted molar refractivity (Wildman–Crippen MR) is 79.9 cm³/mol. The van der Waals surface area contributed by atoms with Crippen LogP contribution in [0.4, 0.5) is 5.82 Å². The average Bonchev–Trinajstić information content (AvgIpc) is 3.14. The molecule has 1 aliphatic heterocycles. The van der Waals surface area contributed by atoms with Crippen LogP contribution in [-0.2, 0) is 7.05 Å². The summed E-state index contributed by atoms with van der Waals surface area (Å²) in [4.78, 5) is 4.16. The van der Waals surface area contributed by atoms with E-state index < -0.39 is 0 Å². The molecule has 4 rings (SSSR count). The second-order valence-corrected chi connectivity index (χ2v) is 5.28. The number of hydrogen-bond donors (Lipinski definition) is 1. The molecule has 3 aromatic rings. The zero-order valence-electron chi connectivity index (χ0n) is 11.8. The maximum atomic E-state index is 4.77. The fraction of sp³-hybridized carbons (Fsp3) is 0.267. The van der Waals surface area contributed by atoms with Crippen LogP contribution in [0.1, 0.15) is 18.0 Å². The summed E-state index contributed by atoms with van der Waals surface area (Å²) >= 11 is 0. The summed E-state index contributed by atoms with van der Waals surface area (Å²) in [6.07, 6.45) is 8.60. The predicted octanol–water partition coefficient (Wildman–Crippen LogP) is 2.08. The number of aromatic nitrogens is 5. The maximum absolute atomic E-state index is 4.77. The minimum absolute atomic E-state index is 0.236. The lowest BCUT2D eigenvalue weighted by molar-refractivity contribution is 0.482. The topological polar surface area (TPSA) is 60.6 Å². The van der Waals surface area contributed by atoms with E-state index in [2.05, 4.69) is 32.3 Å². The first kappa shape index (κ1) is 12.1. The third kappa shape index (κ3) is 2.08. The molecule has 6 nitrogen and oxygen atoms in total. The summed E-state index contributed by atoms with van der Waals surface area (Å²) in [5, 5.41) is 12.5. The van der Waals surface area contributed by atoms with Crippen LogP contribution in [0.3, 0.4) is 0 Å². The number of anilines is 1. The molecule has 1 N–H and O–H groups in total. The molecule has 0 saturated carbocycles. The van der Waals surface area contributed by atoms with Crippen molar-refractivity contribution in [3.63, 3.8) is 0 Å². The van der Waals surface area contributed by atoms with Crippen LogP contribution in [0, 0.1) is 0 Å². The van der Waals surface area contributed by atoms with E-state index in [9.17, 15) is 0 Å². The number of pyridine rings is 1. The molecule has 106 valence electrons. The third-order valence-electron chi connectivity index (χ3n) is 3.82. The number of nitrogens with one attached hydrogen (secondary N) is 1. The molecule has 1 aliphatic rings. The van der Waals surface area contributed by atoms with Gasteiger partial charge in [-0.05, 0) is 18.6 Å². The van der Waals surface area contributed by atoms with Crippen molar-refractivity contribution in [2.24, 2.45) is 7.05 Å². The third-order valence-corrected chi connectivity index (χ3v) is 3.82. The van der Waals surface area contributed by atoms with Crippen LogP contribution in [0.5, 0.6) is 0 Å². The zero-order valence-corrected chi connectivity index (χ0v) is 11.8. The quantitative estimate of drug-likeness (QED) is 0.781. The van der Waals surface area contributed by atoms with Crippen molar-refractivity contribution in [1.29, 1.82) is 0 Å². The van der Waals surface area contributed by atoms with Crippen molar-refractivity contribution in [3.8, 4) is 11.3 Å². The molecule has 0 spiro atoms. The Bertz CT molecular complexity index is 758. The Morgan fingerprint density at radius 2 is 2.29 bits per heavy atom. The van der Waals surface area contributed by atoms with Gasteiger partial charge in [-0.1, -0.05) is 0 Å². The van der Waals surface area contributed by atoms with Gasteiger partial charge >= 0.3 is 0 Å². The van der Waals surface area contributed by atoms with Gasteiger partial charge in [-0.2, -0.15) is 10.2 Å². The van der Waals surface area contributed by atoms with E-state index in [0.717, 1.165) is 30.0 Å².